The highest BCUT2D eigenvalue weighted by molar-refractivity contribution is 6.13. The third kappa shape index (κ3) is 3.54. The smallest absolute Gasteiger partial charge is 0.444 e. The highest BCUT2D eigenvalue weighted by Gasteiger charge is 2.49. The quantitative estimate of drug-likeness (QED) is 0.824. The Bertz CT molecular complexity index is 694. The predicted molar refractivity (Wildman–Crippen MR) is 99.1 cm³/mol. The van der Waals surface area contributed by atoms with Gasteiger partial charge in [0.05, 0.1) is 6.04 Å². The lowest BCUT2D eigenvalue weighted by atomic mass is 9.73. The molecule has 1 amide bonds. The molecule has 2 aliphatic rings. The largest absolute Gasteiger partial charge is 0.463 e. The van der Waals surface area contributed by atoms with Gasteiger partial charge in [0, 0.05) is 30.4 Å². The van der Waals surface area contributed by atoms with Crippen LogP contribution in [0, 0.1) is 5.41 Å². The summed E-state index contributed by atoms with van der Waals surface area (Å²) in [7, 11) is -0.552. The number of hydrogen-bond acceptors (Lipinski definition) is 4. The number of ether oxygens (including phenoxy) is 1. The van der Waals surface area contributed by atoms with Crippen LogP contribution < -0.4 is 4.98 Å². The molecule has 0 saturated carbocycles. The van der Waals surface area contributed by atoms with E-state index in [1.165, 1.54) is 11.1 Å². The second-order valence-electron chi connectivity index (χ2n) is 8.37. The van der Waals surface area contributed by atoms with E-state index >= 15 is 0 Å². The van der Waals surface area contributed by atoms with Crippen molar-refractivity contribution in [2.24, 2.45) is 5.41 Å². The lowest BCUT2D eigenvalue weighted by molar-refractivity contribution is 0.00704. The molecule has 1 aromatic rings. The number of likely N-dealkylation sites (tertiary alicyclic amines) is 1. The van der Waals surface area contributed by atoms with Crippen LogP contribution in [0.4, 0.5) is 4.79 Å². The van der Waals surface area contributed by atoms with Crippen LogP contribution in [-0.2, 0) is 22.0 Å². The fourth-order valence-corrected chi connectivity index (χ4v) is 4.88. The lowest BCUT2D eigenvalue weighted by Gasteiger charge is -2.43. The molecule has 0 aromatic carbocycles. The molecule has 1 radical (unpaired) electrons. The van der Waals surface area contributed by atoms with E-state index in [-0.39, 0.29) is 17.6 Å². The van der Waals surface area contributed by atoms with E-state index < -0.39 is 15.2 Å². The van der Waals surface area contributed by atoms with Gasteiger partial charge in [0.2, 0.25) is 0 Å². The molecule has 0 bridgehead atoms. The van der Waals surface area contributed by atoms with Gasteiger partial charge < -0.3 is 19.1 Å². The minimum absolute atomic E-state index is 0.0312. The summed E-state index contributed by atoms with van der Waals surface area (Å²) in [5.74, 6) is 0. The standard InChI is InChI=1S/C19H28N3O3Si/c1-5-13-6-9-20-14-12-19(16(15(13)14)21-26-24)7-10-22(11-8-19)17(23)25-18(2,3)4/h6,9,16,21H,5,7-8,10-12H2,1-4H3/t16-/m0/s1. The first-order chi connectivity index (χ1) is 12.3. The highest BCUT2D eigenvalue weighted by atomic mass is 28.2. The number of pyridine rings is 1. The Labute approximate surface area is 157 Å². The van der Waals surface area contributed by atoms with Gasteiger partial charge in [0.15, 0.2) is 0 Å². The van der Waals surface area contributed by atoms with E-state index in [1.807, 2.05) is 27.0 Å². The maximum absolute atomic E-state index is 12.4. The number of nitrogens with zero attached hydrogens (tertiary/aromatic N) is 2. The van der Waals surface area contributed by atoms with Crippen molar-refractivity contribution in [3.05, 3.63) is 29.1 Å². The average Bonchev–Trinajstić information content (AvgIpc) is 2.87. The van der Waals surface area contributed by atoms with E-state index in [0.717, 1.165) is 31.4 Å². The number of amides is 1. The molecule has 2 heterocycles. The Hall–Kier alpha value is -1.76. The topological polar surface area (TPSA) is 71.5 Å². The van der Waals surface area contributed by atoms with Gasteiger partial charge in [0.25, 0.3) is 0 Å². The van der Waals surface area contributed by atoms with E-state index in [1.54, 1.807) is 4.90 Å². The molecule has 6 nitrogen and oxygen atoms in total. The number of aromatic nitrogens is 1. The minimum Gasteiger partial charge on any atom is -0.444 e. The zero-order valence-electron chi connectivity index (χ0n) is 16.1. The van der Waals surface area contributed by atoms with Crippen LogP contribution in [0.2, 0.25) is 0 Å². The minimum atomic E-state index is -0.552. The molecule has 141 valence electrons. The summed E-state index contributed by atoms with van der Waals surface area (Å²) in [6, 6.07) is 2.11. The molecule has 1 N–H and O–H groups in total. The van der Waals surface area contributed by atoms with Crippen molar-refractivity contribution in [3.8, 4) is 0 Å². The number of nitrogens with one attached hydrogen (secondary N) is 1. The third-order valence-corrected chi connectivity index (χ3v) is 5.99. The second-order valence-corrected chi connectivity index (χ2v) is 8.86. The molecule has 26 heavy (non-hydrogen) atoms. The summed E-state index contributed by atoms with van der Waals surface area (Å²) in [5, 5.41) is 0. The number of carbonyl (C=O) groups is 1. The van der Waals surface area contributed by atoms with Crippen LogP contribution in [0.15, 0.2) is 12.3 Å². The van der Waals surface area contributed by atoms with Gasteiger partial charge >= 0.3 is 15.7 Å². The fourth-order valence-electron chi connectivity index (χ4n) is 4.32. The first-order valence-corrected chi connectivity index (χ1v) is 10.3. The number of hydrogen-bond donors (Lipinski definition) is 1. The van der Waals surface area contributed by atoms with Gasteiger partial charge in [-0.25, -0.2) is 4.79 Å². The monoisotopic (exact) mass is 374 g/mol. The number of rotatable bonds is 3. The van der Waals surface area contributed by atoms with Crippen molar-refractivity contribution in [3.63, 3.8) is 0 Å². The van der Waals surface area contributed by atoms with Crippen molar-refractivity contribution in [1.82, 2.24) is 14.9 Å². The van der Waals surface area contributed by atoms with Crippen molar-refractivity contribution in [2.45, 2.75) is 65.0 Å². The second kappa shape index (κ2) is 7.10. The maximum atomic E-state index is 12.4. The van der Waals surface area contributed by atoms with Gasteiger partial charge in [-0.2, -0.15) is 0 Å². The van der Waals surface area contributed by atoms with E-state index in [2.05, 4.69) is 23.0 Å². The first-order valence-electron chi connectivity index (χ1n) is 9.37. The zero-order chi connectivity index (χ0) is 18.9. The first kappa shape index (κ1) is 19.0. The molecule has 1 aliphatic heterocycles. The molecule has 1 fully saturated rings. The molecule has 0 unspecified atom stereocenters. The Kier molecular flexibility index (Phi) is 5.19. The molecule has 7 heteroatoms. The Balaban J connectivity index is 1.79. The number of fused-ring (bicyclic) bond motifs is 1. The average molecular weight is 375 g/mol. The molecular formula is C19H28N3O3Si. The van der Waals surface area contributed by atoms with Crippen molar-refractivity contribution >= 4 is 15.7 Å². The van der Waals surface area contributed by atoms with Crippen molar-refractivity contribution in [1.29, 1.82) is 0 Å². The highest BCUT2D eigenvalue weighted by Crippen LogP contribution is 2.52. The summed E-state index contributed by atoms with van der Waals surface area (Å²) < 4.78 is 17.0. The zero-order valence-corrected chi connectivity index (χ0v) is 17.1. The molecule has 1 aromatic heterocycles. The predicted octanol–water partition coefficient (Wildman–Crippen LogP) is 2.81. The van der Waals surface area contributed by atoms with Crippen LogP contribution >= 0.6 is 0 Å². The summed E-state index contributed by atoms with van der Waals surface area (Å²) in [4.78, 5) is 22.0. The number of carbonyl (C=O) groups excluding carboxylic acids is 1. The van der Waals surface area contributed by atoms with E-state index in [9.17, 15) is 9.26 Å². The van der Waals surface area contributed by atoms with E-state index in [4.69, 9.17) is 4.74 Å². The molecule has 1 saturated heterocycles. The number of aryl methyl sites for hydroxylation is 1. The van der Waals surface area contributed by atoms with Crippen LogP contribution in [0.25, 0.3) is 0 Å². The van der Waals surface area contributed by atoms with E-state index in [0.29, 0.717) is 13.1 Å². The Morgan fingerprint density at radius 3 is 2.69 bits per heavy atom. The summed E-state index contributed by atoms with van der Waals surface area (Å²) in [6.07, 6.45) is 5.15. The van der Waals surface area contributed by atoms with Gasteiger partial charge in [-0.1, -0.05) is 6.92 Å². The fraction of sp³-hybridized carbons (Fsp3) is 0.684. The van der Waals surface area contributed by atoms with Gasteiger partial charge in [-0.05, 0) is 63.6 Å². The molecular weight excluding hydrogens is 346 g/mol. The SMILES string of the molecule is CCc1ccnc2c1[C@H](N[Si]=O)C1(CCN(C(=O)OC(C)(C)C)CC1)C2. The van der Waals surface area contributed by atoms with Gasteiger partial charge in [0.1, 0.15) is 5.60 Å². The lowest BCUT2D eigenvalue weighted by Crippen LogP contribution is -2.48. The van der Waals surface area contributed by atoms with Gasteiger partial charge in [-0.15, -0.1) is 0 Å². The number of piperidine rings is 1. The molecule has 1 spiro atoms. The van der Waals surface area contributed by atoms with Crippen LogP contribution in [0.1, 0.15) is 63.4 Å². The van der Waals surface area contributed by atoms with Crippen LogP contribution in [-0.4, -0.2) is 44.2 Å². The summed E-state index contributed by atoms with van der Waals surface area (Å²) >= 11 is 0. The Morgan fingerprint density at radius 1 is 1.42 bits per heavy atom. The van der Waals surface area contributed by atoms with Crippen LogP contribution in [0.5, 0.6) is 0 Å². The van der Waals surface area contributed by atoms with Crippen LogP contribution in [0.3, 0.4) is 0 Å². The Morgan fingerprint density at radius 2 is 2.12 bits per heavy atom. The molecule has 1 aliphatic carbocycles. The van der Waals surface area contributed by atoms with Gasteiger partial charge in [-0.3, -0.25) is 4.98 Å². The maximum Gasteiger partial charge on any atom is 0.463 e. The normalized spacial score (nSPS) is 21.4. The van der Waals surface area contributed by atoms with Crippen molar-refractivity contribution < 1.29 is 14.0 Å². The molecule has 3 rings (SSSR count). The summed E-state index contributed by atoms with van der Waals surface area (Å²) in [6.45, 7) is 9.11. The summed E-state index contributed by atoms with van der Waals surface area (Å²) in [5.41, 5.74) is 3.10. The third-order valence-electron chi connectivity index (χ3n) is 5.58. The molecule has 1 atom stereocenters. The van der Waals surface area contributed by atoms with Crippen molar-refractivity contribution in [2.75, 3.05) is 13.1 Å².